The van der Waals surface area contributed by atoms with Gasteiger partial charge < -0.3 is 19.5 Å². The summed E-state index contributed by atoms with van der Waals surface area (Å²) >= 11 is 6.08. The number of benzene rings is 2. The van der Waals surface area contributed by atoms with Crippen LogP contribution in [0, 0.1) is 0 Å². The summed E-state index contributed by atoms with van der Waals surface area (Å²) in [5.74, 6) is 1.66. The fourth-order valence-corrected chi connectivity index (χ4v) is 3.34. The molecule has 0 saturated heterocycles. The van der Waals surface area contributed by atoms with Crippen molar-refractivity contribution >= 4 is 17.5 Å². The van der Waals surface area contributed by atoms with Crippen molar-refractivity contribution in [2.75, 3.05) is 21.3 Å². The van der Waals surface area contributed by atoms with Gasteiger partial charge in [-0.1, -0.05) is 23.7 Å². The van der Waals surface area contributed by atoms with E-state index >= 15 is 0 Å². The molecule has 138 valence electrons. The van der Waals surface area contributed by atoms with Crippen LogP contribution in [0.1, 0.15) is 24.0 Å². The molecule has 2 aromatic rings. The van der Waals surface area contributed by atoms with Gasteiger partial charge in [-0.25, -0.2) is 0 Å². The largest absolute Gasteiger partial charge is 0.493 e. The maximum atomic E-state index is 12.8. The standard InChI is InChI=1S/C20H22ClNO4/c1-24-16-9-13(10-17(25-2)18(16)26-3)12-22-19(23)20(7-8-20)14-5-4-6-15(21)11-14/h4-6,9-11H,7-8,12H2,1-3H3,(H,22,23). The smallest absolute Gasteiger partial charge is 0.230 e. The first kappa shape index (κ1) is 18.4. The first-order chi connectivity index (χ1) is 12.5. The molecule has 3 rings (SSSR count). The van der Waals surface area contributed by atoms with Crippen molar-refractivity contribution in [2.45, 2.75) is 24.8 Å². The van der Waals surface area contributed by atoms with E-state index in [0.29, 0.717) is 28.8 Å². The molecule has 0 radical (unpaired) electrons. The third kappa shape index (κ3) is 3.44. The molecule has 0 bridgehead atoms. The molecular formula is C20H22ClNO4. The van der Waals surface area contributed by atoms with E-state index in [1.807, 2.05) is 36.4 Å². The number of rotatable bonds is 7. The van der Waals surface area contributed by atoms with E-state index in [1.165, 1.54) is 0 Å². The maximum Gasteiger partial charge on any atom is 0.230 e. The quantitative estimate of drug-likeness (QED) is 0.801. The molecule has 5 nitrogen and oxygen atoms in total. The van der Waals surface area contributed by atoms with Crippen molar-refractivity contribution in [2.24, 2.45) is 0 Å². The Labute approximate surface area is 158 Å². The number of carbonyl (C=O) groups excluding carboxylic acids is 1. The van der Waals surface area contributed by atoms with Gasteiger partial charge in [-0.2, -0.15) is 0 Å². The fourth-order valence-electron chi connectivity index (χ4n) is 3.15. The number of hydrogen-bond donors (Lipinski definition) is 1. The maximum absolute atomic E-state index is 12.8. The molecule has 26 heavy (non-hydrogen) atoms. The van der Waals surface area contributed by atoms with Gasteiger partial charge in [0.05, 0.1) is 26.7 Å². The molecule has 0 aliphatic heterocycles. The Hall–Kier alpha value is -2.40. The summed E-state index contributed by atoms with van der Waals surface area (Å²) in [6, 6.07) is 11.2. The van der Waals surface area contributed by atoms with Gasteiger partial charge in [-0.15, -0.1) is 0 Å². The number of carbonyl (C=O) groups is 1. The van der Waals surface area contributed by atoms with Gasteiger partial charge in [0.15, 0.2) is 11.5 Å². The zero-order valence-electron chi connectivity index (χ0n) is 15.1. The average Bonchev–Trinajstić information content (AvgIpc) is 3.47. The minimum Gasteiger partial charge on any atom is -0.493 e. The zero-order valence-corrected chi connectivity index (χ0v) is 15.9. The van der Waals surface area contributed by atoms with Gasteiger partial charge in [0.2, 0.25) is 11.7 Å². The molecular weight excluding hydrogens is 354 g/mol. The number of amides is 1. The van der Waals surface area contributed by atoms with Crippen molar-refractivity contribution in [3.8, 4) is 17.2 Å². The monoisotopic (exact) mass is 375 g/mol. The van der Waals surface area contributed by atoms with Gasteiger partial charge in [-0.05, 0) is 48.2 Å². The lowest BCUT2D eigenvalue weighted by Gasteiger charge is -2.17. The Morgan fingerprint density at radius 2 is 1.73 bits per heavy atom. The molecule has 1 aliphatic carbocycles. The predicted molar refractivity (Wildman–Crippen MR) is 100 cm³/mol. The highest BCUT2D eigenvalue weighted by Crippen LogP contribution is 2.49. The van der Waals surface area contributed by atoms with Gasteiger partial charge in [0, 0.05) is 11.6 Å². The van der Waals surface area contributed by atoms with Gasteiger partial charge in [0.25, 0.3) is 0 Å². The van der Waals surface area contributed by atoms with Crippen LogP contribution in [0.3, 0.4) is 0 Å². The highest BCUT2D eigenvalue weighted by molar-refractivity contribution is 6.30. The Kier molecular flexibility index (Phi) is 5.28. The van der Waals surface area contributed by atoms with Gasteiger partial charge >= 0.3 is 0 Å². The van der Waals surface area contributed by atoms with Crippen LogP contribution in [-0.4, -0.2) is 27.2 Å². The molecule has 6 heteroatoms. The summed E-state index contributed by atoms with van der Waals surface area (Å²) in [4.78, 5) is 12.8. The van der Waals surface area contributed by atoms with E-state index in [1.54, 1.807) is 21.3 Å². The van der Waals surface area contributed by atoms with Crippen LogP contribution in [0.15, 0.2) is 36.4 Å². The molecule has 1 amide bonds. The molecule has 0 heterocycles. The second-order valence-electron chi connectivity index (χ2n) is 6.31. The van der Waals surface area contributed by atoms with E-state index in [-0.39, 0.29) is 5.91 Å². The lowest BCUT2D eigenvalue weighted by atomic mass is 9.95. The Morgan fingerprint density at radius 3 is 2.23 bits per heavy atom. The topological polar surface area (TPSA) is 56.8 Å². The van der Waals surface area contributed by atoms with Crippen molar-refractivity contribution in [1.82, 2.24) is 5.32 Å². The van der Waals surface area contributed by atoms with Crippen LogP contribution in [0.4, 0.5) is 0 Å². The summed E-state index contributed by atoms with van der Waals surface area (Å²) in [7, 11) is 4.69. The molecule has 1 fully saturated rings. The Bertz CT molecular complexity index is 792. The molecule has 0 atom stereocenters. The number of nitrogens with one attached hydrogen (secondary N) is 1. The Morgan fingerprint density at radius 1 is 1.08 bits per heavy atom. The highest BCUT2D eigenvalue weighted by Gasteiger charge is 2.51. The van der Waals surface area contributed by atoms with Crippen LogP contribution < -0.4 is 19.5 Å². The molecule has 0 aromatic heterocycles. The highest BCUT2D eigenvalue weighted by atomic mass is 35.5. The minimum absolute atomic E-state index is 0.00789. The van der Waals surface area contributed by atoms with Crippen molar-refractivity contribution < 1.29 is 19.0 Å². The first-order valence-electron chi connectivity index (χ1n) is 8.37. The van der Waals surface area contributed by atoms with Crippen molar-refractivity contribution in [3.63, 3.8) is 0 Å². The van der Waals surface area contributed by atoms with Crippen LogP contribution in [0.25, 0.3) is 0 Å². The van der Waals surface area contributed by atoms with Crippen LogP contribution in [-0.2, 0) is 16.8 Å². The molecule has 1 N–H and O–H groups in total. The van der Waals surface area contributed by atoms with E-state index in [2.05, 4.69) is 5.32 Å². The van der Waals surface area contributed by atoms with E-state index < -0.39 is 5.41 Å². The summed E-state index contributed by atoms with van der Waals surface area (Å²) in [6.07, 6.45) is 1.66. The summed E-state index contributed by atoms with van der Waals surface area (Å²) in [5.41, 5.74) is 1.37. The number of ether oxygens (including phenoxy) is 3. The minimum atomic E-state index is -0.467. The van der Waals surface area contributed by atoms with Crippen molar-refractivity contribution in [3.05, 3.63) is 52.5 Å². The normalized spacial score (nSPS) is 14.5. The molecule has 1 aliphatic rings. The second-order valence-corrected chi connectivity index (χ2v) is 6.75. The first-order valence-corrected chi connectivity index (χ1v) is 8.75. The molecule has 0 spiro atoms. The Balaban J connectivity index is 1.76. The summed E-state index contributed by atoms with van der Waals surface area (Å²) in [6.45, 7) is 0.373. The third-order valence-corrected chi connectivity index (χ3v) is 4.97. The third-order valence-electron chi connectivity index (χ3n) is 4.74. The molecule has 0 unspecified atom stereocenters. The van der Waals surface area contributed by atoms with Gasteiger partial charge in [0.1, 0.15) is 0 Å². The zero-order chi connectivity index (χ0) is 18.7. The average molecular weight is 376 g/mol. The number of methoxy groups -OCH3 is 3. The fraction of sp³-hybridized carbons (Fsp3) is 0.350. The van der Waals surface area contributed by atoms with Crippen molar-refractivity contribution in [1.29, 1.82) is 0 Å². The van der Waals surface area contributed by atoms with E-state index in [0.717, 1.165) is 24.0 Å². The number of hydrogen-bond acceptors (Lipinski definition) is 4. The molecule has 1 saturated carbocycles. The van der Waals surface area contributed by atoms with Crippen LogP contribution in [0.2, 0.25) is 5.02 Å². The van der Waals surface area contributed by atoms with Crippen LogP contribution in [0.5, 0.6) is 17.2 Å². The molecule has 2 aromatic carbocycles. The number of halogens is 1. The summed E-state index contributed by atoms with van der Waals surface area (Å²) in [5, 5.41) is 3.67. The van der Waals surface area contributed by atoms with E-state index in [9.17, 15) is 4.79 Å². The second kappa shape index (κ2) is 7.46. The summed E-state index contributed by atoms with van der Waals surface area (Å²) < 4.78 is 16.0. The lowest BCUT2D eigenvalue weighted by Crippen LogP contribution is -2.34. The van der Waals surface area contributed by atoms with Crippen LogP contribution >= 0.6 is 11.6 Å². The van der Waals surface area contributed by atoms with E-state index in [4.69, 9.17) is 25.8 Å². The lowest BCUT2D eigenvalue weighted by molar-refractivity contribution is -0.123. The SMILES string of the molecule is COc1cc(CNC(=O)C2(c3cccc(Cl)c3)CC2)cc(OC)c1OC. The van der Waals surface area contributed by atoms with Gasteiger partial charge in [-0.3, -0.25) is 4.79 Å². The predicted octanol–water partition coefficient (Wildman–Crippen LogP) is 3.71.